The van der Waals surface area contributed by atoms with Crippen LogP contribution < -0.4 is 5.32 Å². The summed E-state index contributed by atoms with van der Waals surface area (Å²) in [6, 6.07) is 8.83. The quantitative estimate of drug-likeness (QED) is 0.781. The van der Waals surface area contributed by atoms with E-state index >= 15 is 0 Å². The van der Waals surface area contributed by atoms with Crippen molar-refractivity contribution in [1.29, 1.82) is 0 Å². The second kappa shape index (κ2) is 6.49. The lowest BCUT2D eigenvalue weighted by Gasteiger charge is -2.42. The van der Waals surface area contributed by atoms with Crippen LogP contribution >= 0.6 is 0 Å². The van der Waals surface area contributed by atoms with Gasteiger partial charge in [0.15, 0.2) is 0 Å². The lowest BCUT2D eigenvalue weighted by Crippen LogP contribution is -2.45. The molecule has 1 amide bonds. The highest BCUT2D eigenvalue weighted by molar-refractivity contribution is 5.71. The minimum atomic E-state index is -0.474. The van der Waals surface area contributed by atoms with Crippen molar-refractivity contribution in [2.24, 2.45) is 11.8 Å². The Balaban J connectivity index is 1.67. The van der Waals surface area contributed by atoms with Crippen molar-refractivity contribution >= 4 is 11.8 Å². The van der Waals surface area contributed by atoms with Crippen molar-refractivity contribution in [2.45, 2.75) is 51.3 Å². The van der Waals surface area contributed by atoms with E-state index in [1.54, 1.807) is 0 Å². The summed E-state index contributed by atoms with van der Waals surface area (Å²) >= 11 is 0. The van der Waals surface area contributed by atoms with E-state index in [0.29, 0.717) is 17.9 Å². The van der Waals surface area contributed by atoms with Crippen LogP contribution in [0.2, 0.25) is 0 Å². The molecule has 0 radical (unpaired) electrons. The van der Waals surface area contributed by atoms with Crippen LogP contribution in [0.4, 0.5) is 10.5 Å². The van der Waals surface area contributed by atoms with Gasteiger partial charge in [-0.05, 0) is 45.2 Å². The van der Waals surface area contributed by atoms with E-state index in [4.69, 9.17) is 4.74 Å². The van der Waals surface area contributed by atoms with Gasteiger partial charge in [0.2, 0.25) is 0 Å². The number of anilines is 1. The number of nitrogens with one attached hydrogen (secondary N) is 1. The molecule has 1 saturated heterocycles. The Morgan fingerprint density at radius 3 is 2.77 bits per heavy atom. The minimum Gasteiger partial charge on any atom is -0.444 e. The van der Waals surface area contributed by atoms with Gasteiger partial charge < -0.3 is 15.0 Å². The maximum absolute atomic E-state index is 12.9. The van der Waals surface area contributed by atoms with Gasteiger partial charge in [-0.3, -0.25) is 0 Å². The fraction of sp³-hybridized carbons (Fsp3) is 0.500. The third kappa shape index (κ3) is 3.13. The third-order valence-corrected chi connectivity index (χ3v) is 5.61. The summed E-state index contributed by atoms with van der Waals surface area (Å²) in [5, 5.41) is 3.78. The summed E-state index contributed by atoms with van der Waals surface area (Å²) in [6.07, 6.45) is 10.7. The minimum absolute atomic E-state index is 0.0895. The summed E-state index contributed by atoms with van der Waals surface area (Å²) in [7, 11) is 0. The standard InChI is InChI=1S/C22H28N2O2/c1-22(2,3)26-21(25)24-14-13-17-19(15-9-5-4-6-10-15)23-18-12-8-7-11-16(18)20(17)24/h4-9,11-12,15,17,19-20,23H,10,13-14H2,1-3H3/t15?,17-,19+,20+/m1/s1. The van der Waals surface area contributed by atoms with Crippen LogP contribution in [0.5, 0.6) is 0 Å². The molecule has 1 aromatic carbocycles. The second-order valence-electron chi connectivity index (χ2n) is 8.54. The molecule has 0 saturated carbocycles. The fourth-order valence-electron chi connectivity index (χ4n) is 4.58. The molecule has 138 valence electrons. The largest absolute Gasteiger partial charge is 0.444 e. The Hall–Kier alpha value is -2.23. The molecule has 1 unspecified atom stereocenters. The van der Waals surface area contributed by atoms with Crippen molar-refractivity contribution in [3.8, 4) is 0 Å². The van der Waals surface area contributed by atoms with E-state index in [1.807, 2.05) is 25.7 Å². The van der Waals surface area contributed by atoms with Gasteiger partial charge in [0, 0.05) is 30.1 Å². The van der Waals surface area contributed by atoms with E-state index in [1.165, 1.54) is 5.56 Å². The highest BCUT2D eigenvalue weighted by Gasteiger charge is 2.48. The molecule has 1 aliphatic carbocycles. The maximum Gasteiger partial charge on any atom is 0.410 e. The van der Waals surface area contributed by atoms with Gasteiger partial charge in [-0.25, -0.2) is 4.79 Å². The molecule has 1 fully saturated rings. The zero-order valence-electron chi connectivity index (χ0n) is 15.8. The zero-order chi connectivity index (χ0) is 18.3. The normalized spacial score (nSPS) is 29.7. The van der Waals surface area contributed by atoms with E-state index in [2.05, 4.69) is 53.9 Å². The number of hydrogen-bond donors (Lipinski definition) is 1. The lowest BCUT2D eigenvalue weighted by atomic mass is 9.76. The summed E-state index contributed by atoms with van der Waals surface area (Å²) in [4.78, 5) is 14.8. The number of carbonyl (C=O) groups excluding carboxylic acids is 1. The highest BCUT2D eigenvalue weighted by atomic mass is 16.6. The van der Waals surface area contributed by atoms with E-state index in [9.17, 15) is 4.79 Å². The predicted octanol–water partition coefficient (Wildman–Crippen LogP) is 4.91. The predicted molar refractivity (Wildman–Crippen MR) is 104 cm³/mol. The Bertz CT molecular complexity index is 747. The molecule has 4 atom stereocenters. The molecule has 26 heavy (non-hydrogen) atoms. The second-order valence-corrected chi connectivity index (χ2v) is 8.54. The first-order valence-corrected chi connectivity index (χ1v) is 9.62. The van der Waals surface area contributed by atoms with Crippen LogP contribution in [0.1, 0.15) is 45.2 Å². The van der Waals surface area contributed by atoms with Gasteiger partial charge in [-0.1, -0.05) is 42.5 Å². The van der Waals surface area contributed by atoms with Gasteiger partial charge in [-0.2, -0.15) is 0 Å². The molecule has 1 N–H and O–H groups in total. The topological polar surface area (TPSA) is 41.6 Å². The Morgan fingerprint density at radius 2 is 2.04 bits per heavy atom. The van der Waals surface area contributed by atoms with Crippen LogP contribution in [-0.2, 0) is 4.74 Å². The first-order chi connectivity index (χ1) is 12.4. The number of rotatable bonds is 1. The molecule has 1 aromatic rings. The van der Waals surface area contributed by atoms with Crippen LogP contribution in [0.3, 0.4) is 0 Å². The molecule has 2 heterocycles. The molecule has 4 nitrogen and oxygen atoms in total. The average Bonchev–Trinajstić information content (AvgIpc) is 3.06. The number of fused-ring (bicyclic) bond motifs is 3. The van der Waals surface area contributed by atoms with Gasteiger partial charge in [0.25, 0.3) is 0 Å². The third-order valence-electron chi connectivity index (χ3n) is 5.61. The first-order valence-electron chi connectivity index (χ1n) is 9.62. The Labute approximate surface area is 155 Å². The van der Waals surface area contributed by atoms with E-state index in [-0.39, 0.29) is 12.1 Å². The summed E-state index contributed by atoms with van der Waals surface area (Å²) < 4.78 is 5.71. The number of ether oxygens (including phenoxy) is 1. The Kier molecular flexibility index (Phi) is 4.29. The van der Waals surface area contributed by atoms with Crippen molar-refractivity contribution in [3.05, 3.63) is 54.1 Å². The average molecular weight is 352 g/mol. The monoisotopic (exact) mass is 352 g/mol. The van der Waals surface area contributed by atoms with Gasteiger partial charge >= 0.3 is 6.09 Å². The number of carbonyl (C=O) groups is 1. The summed E-state index contributed by atoms with van der Waals surface area (Å²) in [5.41, 5.74) is 1.89. The molecule has 0 bridgehead atoms. The number of para-hydroxylation sites is 1. The SMILES string of the molecule is CC(C)(C)OC(=O)N1CC[C@@H]2[C@H](C3C=CC=CC3)Nc3ccccc3[C@@H]21. The highest BCUT2D eigenvalue weighted by Crippen LogP contribution is 2.49. The van der Waals surface area contributed by atoms with E-state index < -0.39 is 5.60 Å². The molecule has 0 spiro atoms. The molecular weight excluding hydrogens is 324 g/mol. The number of nitrogens with zero attached hydrogens (tertiary/aromatic N) is 1. The molecule has 2 aliphatic heterocycles. The molecule has 3 aliphatic rings. The summed E-state index contributed by atoms with van der Waals surface area (Å²) in [6.45, 7) is 6.54. The van der Waals surface area contributed by atoms with Crippen LogP contribution in [0.25, 0.3) is 0 Å². The van der Waals surface area contributed by atoms with Crippen molar-refractivity contribution in [2.75, 3.05) is 11.9 Å². The van der Waals surface area contributed by atoms with Crippen molar-refractivity contribution in [3.63, 3.8) is 0 Å². The van der Waals surface area contributed by atoms with E-state index in [0.717, 1.165) is 25.1 Å². The number of allylic oxidation sites excluding steroid dienone is 3. The number of hydrogen-bond acceptors (Lipinski definition) is 3. The van der Waals surface area contributed by atoms with Gasteiger partial charge in [-0.15, -0.1) is 0 Å². The number of amides is 1. The van der Waals surface area contributed by atoms with Gasteiger partial charge in [0.1, 0.15) is 5.60 Å². The molecule has 4 heteroatoms. The molecule has 4 rings (SSSR count). The molecule has 0 aromatic heterocycles. The first kappa shape index (κ1) is 17.2. The van der Waals surface area contributed by atoms with Crippen LogP contribution in [0, 0.1) is 11.8 Å². The van der Waals surface area contributed by atoms with Crippen LogP contribution in [-0.4, -0.2) is 29.2 Å². The zero-order valence-corrected chi connectivity index (χ0v) is 15.8. The smallest absolute Gasteiger partial charge is 0.410 e. The lowest BCUT2D eigenvalue weighted by molar-refractivity contribution is 0.0195. The number of likely N-dealkylation sites (tertiary alicyclic amines) is 1. The van der Waals surface area contributed by atoms with Crippen LogP contribution in [0.15, 0.2) is 48.6 Å². The van der Waals surface area contributed by atoms with Gasteiger partial charge in [0.05, 0.1) is 6.04 Å². The van der Waals surface area contributed by atoms with Crippen molar-refractivity contribution < 1.29 is 9.53 Å². The fourth-order valence-corrected chi connectivity index (χ4v) is 4.58. The van der Waals surface area contributed by atoms with Crippen molar-refractivity contribution in [1.82, 2.24) is 4.90 Å². The number of benzene rings is 1. The molecular formula is C22H28N2O2. The Morgan fingerprint density at radius 1 is 1.23 bits per heavy atom. The summed E-state index contributed by atoms with van der Waals surface area (Å²) in [5.74, 6) is 0.859. The maximum atomic E-state index is 12.9.